The third-order valence-corrected chi connectivity index (χ3v) is 2.42. The largest absolute Gasteiger partial charge is 0.316 e. The third kappa shape index (κ3) is 2.44. The van der Waals surface area contributed by atoms with Gasteiger partial charge in [-0.15, -0.1) is 0 Å². The van der Waals surface area contributed by atoms with E-state index >= 15 is 0 Å². The molecule has 0 aromatic rings. The van der Waals surface area contributed by atoms with Crippen molar-refractivity contribution in [1.82, 2.24) is 5.32 Å². The fourth-order valence-electron chi connectivity index (χ4n) is 1.69. The molecular weight excluding hydrogens is 141 g/mol. The summed E-state index contributed by atoms with van der Waals surface area (Å²) in [5.74, 6) is 0.448. The lowest BCUT2D eigenvalue weighted by Gasteiger charge is -2.27. The molecular formula is C9H18FN. The molecule has 1 heterocycles. The van der Waals surface area contributed by atoms with Gasteiger partial charge in [0.25, 0.3) is 0 Å². The van der Waals surface area contributed by atoms with Gasteiger partial charge in [0.1, 0.15) is 6.17 Å². The van der Waals surface area contributed by atoms with Gasteiger partial charge in [-0.05, 0) is 25.3 Å². The Kier molecular flexibility index (Phi) is 3.31. The van der Waals surface area contributed by atoms with Crippen LogP contribution in [0.3, 0.4) is 0 Å². The van der Waals surface area contributed by atoms with Crippen LogP contribution in [0.2, 0.25) is 0 Å². The van der Waals surface area contributed by atoms with Gasteiger partial charge in [0.15, 0.2) is 0 Å². The zero-order chi connectivity index (χ0) is 8.27. The summed E-state index contributed by atoms with van der Waals surface area (Å²) in [4.78, 5) is 0. The number of nitrogens with one attached hydrogen (secondary N) is 1. The third-order valence-electron chi connectivity index (χ3n) is 2.42. The molecule has 0 aliphatic carbocycles. The maximum absolute atomic E-state index is 13.4. The Morgan fingerprint density at radius 1 is 1.45 bits per heavy atom. The number of piperidine rings is 1. The molecule has 1 N–H and O–H groups in total. The van der Waals surface area contributed by atoms with Crippen molar-refractivity contribution in [3.63, 3.8) is 0 Å². The van der Waals surface area contributed by atoms with E-state index in [4.69, 9.17) is 0 Å². The Balaban J connectivity index is 2.32. The van der Waals surface area contributed by atoms with Gasteiger partial charge >= 0.3 is 0 Å². The Morgan fingerprint density at radius 3 is 2.64 bits per heavy atom. The molecule has 0 unspecified atom stereocenters. The first-order valence-electron chi connectivity index (χ1n) is 4.56. The fourth-order valence-corrected chi connectivity index (χ4v) is 1.69. The van der Waals surface area contributed by atoms with Crippen molar-refractivity contribution in [2.24, 2.45) is 11.8 Å². The summed E-state index contributed by atoms with van der Waals surface area (Å²) in [5, 5.41) is 3.23. The predicted octanol–water partition coefficient (Wildman–Crippen LogP) is 1.98. The van der Waals surface area contributed by atoms with Crippen LogP contribution in [0.4, 0.5) is 4.39 Å². The maximum atomic E-state index is 13.4. The second-order valence-electron chi connectivity index (χ2n) is 3.79. The SMILES string of the molecule is CC(C)[C@@H](F)[C@@H]1CCCNC1. The molecule has 2 atom stereocenters. The Hall–Kier alpha value is -0.110. The number of hydrogen-bond acceptors (Lipinski definition) is 1. The minimum absolute atomic E-state index is 0.180. The Morgan fingerprint density at radius 2 is 2.18 bits per heavy atom. The van der Waals surface area contributed by atoms with Crippen LogP contribution in [0.5, 0.6) is 0 Å². The van der Waals surface area contributed by atoms with Gasteiger partial charge < -0.3 is 5.32 Å². The van der Waals surface area contributed by atoms with Gasteiger partial charge in [0.2, 0.25) is 0 Å². The normalized spacial score (nSPS) is 28.9. The summed E-state index contributed by atoms with van der Waals surface area (Å²) in [6.45, 7) is 5.86. The lowest BCUT2D eigenvalue weighted by molar-refractivity contribution is 0.144. The number of halogens is 1. The molecule has 0 aromatic heterocycles. The number of alkyl halides is 1. The minimum Gasteiger partial charge on any atom is -0.316 e. The molecule has 66 valence electrons. The average molecular weight is 159 g/mol. The highest BCUT2D eigenvalue weighted by molar-refractivity contribution is 4.77. The van der Waals surface area contributed by atoms with Crippen LogP contribution in [-0.2, 0) is 0 Å². The maximum Gasteiger partial charge on any atom is 0.106 e. The van der Waals surface area contributed by atoms with Crippen LogP contribution in [0, 0.1) is 11.8 Å². The molecule has 1 fully saturated rings. The van der Waals surface area contributed by atoms with Gasteiger partial charge in [-0.2, -0.15) is 0 Å². The second kappa shape index (κ2) is 4.05. The van der Waals surface area contributed by atoms with Crippen molar-refractivity contribution in [3.8, 4) is 0 Å². The second-order valence-corrected chi connectivity index (χ2v) is 3.79. The van der Waals surface area contributed by atoms with Gasteiger partial charge in [0.05, 0.1) is 0 Å². The topological polar surface area (TPSA) is 12.0 Å². The fraction of sp³-hybridized carbons (Fsp3) is 1.00. The summed E-state index contributed by atoms with van der Waals surface area (Å²) in [5.41, 5.74) is 0. The molecule has 11 heavy (non-hydrogen) atoms. The molecule has 1 aliphatic rings. The van der Waals surface area contributed by atoms with Crippen LogP contribution >= 0.6 is 0 Å². The first-order chi connectivity index (χ1) is 5.22. The number of hydrogen-bond donors (Lipinski definition) is 1. The molecule has 1 aliphatic heterocycles. The summed E-state index contributed by atoms with van der Waals surface area (Å²) < 4.78 is 13.4. The summed E-state index contributed by atoms with van der Waals surface area (Å²) in [6.07, 6.45) is 1.59. The van der Waals surface area contributed by atoms with E-state index in [-0.39, 0.29) is 11.8 Å². The van der Waals surface area contributed by atoms with Crippen molar-refractivity contribution in [2.45, 2.75) is 32.9 Å². The molecule has 0 amide bonds. The minimum atomic E-state index is -0.609. The molecule has 0 aromatic carbocycles. The molecule has 2 heteroatoms. The van der Waals surface area contributed by atoms with Crippen LogP contribution < -0.4 is 5.32 Å². The molecule has 0 radical (unpaired) electrons. The molecule has 0 spiro atoms. The Bertz CT molecular complexity index is 108. The summed E-state index contributed by atoms with van der Waals surface area (Å²) in [6, 6.07) is 0. The van der Waals surface area contributed by atoms with Crippen LogP contribution in [0.1, 0.15) is 26.7 Å². The monoisotopic (exact) mass is 159 g/mol. The van der Waals surface area contributed by atoms with Crippen LogP contribution in [0.15, 0.2) is 0 Å². The van der Waals surface area contributed by atoms with E-state index in [0.717, 1.165) is 25.9 Å². The highest BCUT2D eigenvalue weighted by Gasteiger charge is 2.25. The van der Waals surface area contributed by atoms with E-state index in [1.807, 2.05) is 13.8 Å². The zero-order valence-corrected chi connectivity index (χ0v) is 7.44. The standard InChI is InChI=1S/C9H18FN/c1-7(2)9(10)8-4-3-5-11-6-8/h7-9,11H,3-6H2,1-2H3/t8-,9-/m1/s1. The molecule has 1 saturated heterocycles. The lowest BCUT2D eigenvalue weighted by atomic mass is 9.89. The van der Waals surface area contributed by atoms with E-state index in [9.17, 15) is 4.39 Å². The van der Waals surface area contributed by atoms with Crippen molar-refractivity contribution in [1.29, 1.82) is 0 Å². The van der Waals surface area contributed by atoms with Gasteiger partial charge in [-0.1, -0.05) is 13.8 Å². The predicted molar refractivity (Wildman–Crippen MR) is 45.3 cm³/mol. The summed E-state index contributed by atoms with van der Waals surface area (Å²) in [7, 11) is 0. The average Bonchev–Trinajstić information content (AvgIpc) is 2.05. The number of rotatable bonds is 2. The van der Waals surface area contributed by atoms with Crippen molar-refractivity contribution in [3.05, 3.63) is 0 Å². The van der Waals surface area contributed by atoms with Crippen molar-refractivity contribution < 1.29 is 4.39 Å². The molecule has 1 nitrogen and oxygen atoms in total. The van der Waals surface area contributed by atoms with E-state index < -0.39 is 6.17 Å². The first kappa shape index (κ1) is 8.98. The Labute approximate surface area is 68.4 Å². The van der Waals surface area contributed by atoms with Gasteiger partial charge in [-0.3, -0.25) is 0 Å². The first-order valence-corrected chi connectivity index (χ1v) is 4.56. The highest BCUT2D eigenvalue weighted by atomic mass is 19.1. The molecule has 0 bridgehead atoms. The van der Waals surface area contributed by atoms with Gasteiger partial charge in [0, 0.05) is 12.5 Å². The zero-order valence-electron chi connectivity index (χ0n) is 7.44. The van der Waals surface area contributed by atoms with E-state index in [0.29, 0.717) is 0 Å². The van der Waals surface area contributed by atoms with Crippen LogP contribution in [0.25, 0.3) is 0 Å². The van der Waals surface area contributed by atoms with Gasteiger partial charge in [-0.25, -0.2) is 4.39 Å². The lowest BCUT2D eigenvalue weighted by Crippen LogP contribution is -2.36. The van der Waals surface area contributed by atoms with E-state index in [1.165, 1.54) is 0 Å². The highest BCUT2D eigenvalue weighted by Crippen LogP contribution is 2.22. The van der Waals surface area contributed by atoms with Crippen LogP contribution in [-0.4, -0.2) is 19.3 Å². The molecule has 1 rings (SSSR count). The van der Waals surface area contributed by atoms with E-state index in [1.54, 1.807) is 0 Å². The quantitative estimate of drug-likeness (QED) is 0.649. The smallest absolute Gasteiger partial charge is 0.106 e. The summed E-state index contributed by atoms with van der Waals surface area (Å²) >= 11 is 0. The molecule has 0 saturated carbocycles. The van der Waals surface area contributed by atoms with Crippen molar-refractivity contribution in [2.75, 3.05) is 13.1 Å². The van der Waals surface area contributed by atoms with Crippen molar-refractivity contribution >= 4 is 0 Å². The van der Waals surface area contributed by atoms with E-state index in [2.05, 4.69) is 5.32 Å².